The number of ketones is 1. The second-order valence-corrected chi connectivity index (χ2v) is 7.61. The first kappa shape index (κ1) is 22.0. The molecule has 2 rings (SSSR count). The molecule has 2 aromatic rings. The first-order valence-electron chi connectivity index (χ1n) is 8.12. The van der Waals surface area contributed by atoms with Crippen LogP contribution in [0.25, 0.3) is 0 Å². The van der Waals surface area contributed by atoms with Gasteiger partial charge in [-0.25, -0.2) is 13.8 Å². The summed E-state index contributed by atoms with van der Waals surface area (Å²) < 4.78 is 32.8. The number of benzene rings is 1. The number of nitrogens with zero attached hydrogens (tertiary/aromatic N) is 1. The number of thiazole rings is 1. The molecule has 1 aromatic carbocycles. The number of anilines is 2. The Bertz CT molecular complexity index is 879. The Labute approximate surface area is 169 Å². The fraction of sp³-hybridized carbons (Fsp3) is 0.222. The molecule has 0 saturated heterocycles. The van der Waals surface area contributed by atoms with E-state index in [2.05, 4.69) is 10.3 Å². The van der Waals surface area contributed by atoms with Crippen molar-refractivity contribution in [1.82, 2.24) is 4.98 Å². The van der Waals surface area contributed by atoms with Crippen LogP contribution in [-0.2, 0) is 4.74 Å². The van der Waals surface area contributed by atoms with Crippen LogP contribution in [0.2, 0.25) is 0 Å². The van der Waals surface area contributed by atoms with E-state index in [1.807, 2.05) is 13.0 Å². The van der Waals surface area contributed by atoms with Gasteiger partial charge in [0.2, 0.25) is 5.78 Å². The molecule has 0 bridgehead atoms. The molecule has 0 saturated carbocycles. The van der Waals surface area contributed by atoms with Crippen molar-refractivity contribution in [3.05, 3.63) is 64.2 Å². The monoisotopic (exact) mass is 426 g/mol. The number of allylic oxidation sites excluding steroid dienone is 1. The van der Waals surface area contributed by atoms with Gasteiger partial charge in [0, 0.05) is 18.1 Å². The van der Waals surface area contributed by atoms with Crippen LogP contribution in [0.4, 0.5) is 19.7 Å². The van der Waals surface area contributed by atoms with Crippen molar-refractivity contribution in [3.8, 4) is 0 Å². The number of methoxy groups -OCH3 is 1. The Morgan fingerprint density at radius 3 is 2.71 bits per heavy atom. The van der Waals surface area contributed by atoms with Crippen LogP contribution < -0.4 is 16.2 Å². The molecule has 0 fully saturated rings. The molecular weight excluding hydrogens is 406 g/mol. The van der Waals surface area contributed by atoms with E-state index in [1.165, 1.54) is 18.0 Å². The zero-order chi connectivity index (χ0) is 20.7. The highest BCUT2D eigenvalue weighted by Crippen LogP contribution is 2.30. The number of nitrogens with one attached hydrogen (secondary N) is 1. The number of carbonyl (C=O) groups excluding carboxylic acids is 1. The molecule has 0 amide bonds. The van der Waals surface area contributed by atoms with Gasteiger partial charge in [0.05, 0.1) is 12.2 Å². The van der Waals surface area contributed by atoms with Crippen LogP contribution in [0.15, 0.2) is 42.1 Å². The number of carbonyl (C=O) groups is 1. The third-order valence-corrected chi connectivity index (χ3v) is 5.10. The van der Waals surface area contributed by atoms with Crippen LogP contribution in [-0.4, -0.2) is 29.7 Å². The lowest BCUT2D eigenvalue weighted by Crippen LogP contribution is -2.07. The van der Waals surface area contributed by atoms with Crippen LogP contribution in [0.5, 0.6) is 0 Å². The third-order valence-electron chi connectivity index (χ3n) is 3.53. The number of halogens is 2. The van der Waals surface area contributed by atoms with Gasteiger partial charge < -0.3 is 15.8 Å². The summed E-state index contributed by atoms with van der Waals surface area (Å²) in [5.74, 6) is -2.88. The normalized spacial score (nSPS) is 13.1. The van der Waals surface area contributed by atoms with Crippen molar-refractivity contribution in [2.24, 2.45) is 5.14 Å². The Morgan fingerprint density at radius 1 is 1.43 bits per heavy atom. The summed E-state index contributed by atoms with van der Waals surface area (Å²) in [4.78, 5) is 16.6. The number of aromatic nitrogens is 1. The average Bonchev–Trinajstić information content (AvgIpc) is 3.03. The molecule has 5 N–H and O–H groups in total. The molecule has 6 nitrogen and oxygen atoms in total. The highest BCUT2D eigenvalue weighted by atomic mass is 32.2. The number of ether oxygens (including phenoxy) is 1. The number of hydrogen-bond donors (Lipinski definition) is 3. The van der Waals surface area contributed by atoms with Gasteiger partial charge >= 0.3 is 0 Å². The summed E-state index contributed by atoms with van der Waals surface area (Å²) in [7, 11) is 1.55. The van der Waals surface area contributed by atoms with Gasteiger partial charge in [0.1, 0.15) is 22.3 Å². The SMILES string of the molecule is COC/C=C(\C=C/C(C)SN)Nc1nc(N)c(C(=O)c2c(F)cccc2F)s1. The molecule has 1 heterocycles. The standard InChI is InChI=1S/C18H20F2N4O2S2/c1-10(28-22)6-7-11(8-9-26-2)23-18-24-17(21)16(27-18)15(25)14-12(19)4-3-5-13(14)20/h3-8,10H,9,21-22H2,1-2H3,(H,23,24)/b7-6-,11-8+. The zero-order valence-corrected chi connectivity index (χ0v) is 16.9. The summed E-state index contributed by atoms with van der Waals surface area (Å²) in [5.41, 5.74) is 5.80. The predicted molar refractivity (Wildman–Crippen MR) is 110 cm³/mol. The van der Waals surface area contributed by atoms with Gasteiger partial charge in [-0.15, -0.1) is 0 Å². The summed E-state index contributed by atoms with van der Waals surface area (Å²) in [6, 6.07) is 3.21. The van der Waals surface area contributed by atoms with Gasteiger partial charge in [-0.05, 0) is 31.2 Å². The molecule has 10 heteroatoms. The van der Waals surface area contributed by atoms with E-state index in [0.717, 1.165) is 23.5 Å². The molecule has 0 aliphatic rings. The van der Waals surface area contributed by atoms with Gasteiger partial charge in [-0.1, -0.05) is 35.4 Å². The van der Waals surface area contributed by atoms with Gasteiger partial charge in [0.25, 0.3) is 0 Å². The van der Waals surface area contributed by atoms with Gasteiger partial charge in [-0.3, -0.25) is 9.93 Å². The highest BCUT2D eigenvalue weighted by Gasteiger charge is 2.24. The fourth-order valence-corrected chi connectivity index (χ4v) is 3.14. The minimum Gasteiger partial charge on any atom is -0.382 e. The van der Waals surface area contributed by atoms with E-state index in [-0.39, 0.29) is 15.9 Å². The molecule has 1 unspecified atom stereocenters. The average molecular weight is 427 g/mol. The Morgan fingerprint density at radius 2 is 2.11 bits per heavy atom. The molecule has 0 spiro atoms. The van der Waals surface area contributed by atoms with Crippen molar-refractivity contribution in [2.75, 3.05) is 24.8 Å². The Balaban J connectivity index is 2.29. The number of nitrogen functional groups attached to an aromatic ring is 1. The van der Waals surface area contributed by atoms with E-state index < -0.39 is 23.0 Å². The van der Waals surface area contributed by atoms with Gasteiger partial charge in [-0.2, -0.15) is 0 Å². The Kier molecular flexibility index (Phi) is 8.12. The number of rotatable bonds is 9. The molecule has 0 radical (unpaired) electrons. The topological polar surface area (TPSA) is 103 Å². The van der Waals surface area contributed by atoms with Crippen LogP contribution >= 0.6 is 23.3 Å². The summed E-state index contributed by atoms with van der Waals surface area (Å²) in [6.45, 7) is 2.26. The number of hydrogen-bond acceptors (Lipinski definition) is 8. The van der Waals surface area contributed by atoms with Crippen molar-refractivity contribution >= 4 is 40.0 Å². The van der Waals surface area contributed by atoms with E-state index in [0.29, 0.717) is 17.4 Å². The largest absolute Gasteiger partial charge is 0.382 e. The van der Waals surface area contributed by atoms with Gasteiger partial charge in [0.15, 0.2) is 5.13 Å². The summed E-state index contributed by atoms with van der Waals surface area (Å²) in [5, 5.41) is 8.93. The quantitative estimate of drug-likeness (QED) is 0.319. The maximum atomic E-state index is 13.9. The molecule has 1 aromatic heterocycles. The Hall–Kier alpha value is -2.27. The number of nitrogens with two attached hydrogens (primary N) is 2. The molecule has 0 aliphatic carbocycles. The van der Waals surface area contributed by atoms with Crippen LogP contribution in [0, 0.1) is 11.6 Å². The van der Waals surface area contributed by atoms with E-state index in [9.17, 15) is 13.6 Å². The molecule has 150 valence electrons. The summed E-state index contributed by atoms with van der Waals surface area (Å²) in [6.07, 6.45) is 5.43. The van der Waals surface area contributed by atoms with E-state index in [4.69, 9.17) is 15.6 Å². The molecule has 0 aliphatic heterocycles. The lowest BCUT2D eigenvalue weighted by atomic mass is 10.1. The minimum absolute atomic E-state index is 0.0487. The second-order valence-electron chi connectivity index (χ2n) is 5.60. The lowest BCUT2D eigenvalue weighted by molar-refractivity contribution is 0.103. The molecular formula is C18H20F2N4O2S2. The second kappa shape index (κ2) is 10.3. The van der Waals surface area contributed by atoms with Crippen molar-refractivity contribution in [1.29, 1.82) is 0 Å². The predicted octanol–water partition coefficient (Wildman–Crippen LogP) is 3.73. The third kappa shape index (κ3) is 5.61. The van der Waals surface area contributed by atoms with E-state index in [1.54, 1.807) is 19.3 Å². The first-order valence-corrected chi connectivity index (χ1v) is 9.88. The van der Waals surface area contributed by atoms with Crippen LogP contribution in [0.1, 0.15) is 22.2 Å². The maximum Gasteiger partial charge on any atom is 0.212 e. The molecule has 1 atom stereocenters. The van der Waals surface area contributed by atoms with Crippen molar-refractivity contribution < 1.29 is 18.3 Å². The zero-order valence-electron chi connectivity index (χ0n) is 15.2. The van der Waals surface area contributed by atoms with Crippen LogP contribution in [0.3, 0.4) is 0 Å². The first-order chi connectivity index (χ1) is 13.4. The highest BCUT2D eigenvalue weighted by molar-refractivity contribution is 7.97. The van der Waals surface area contributed by atoms with Crippen molar-refractivity contribution in [2.45, 2.75) is 12.2 Å². The molecule has 28 heavy (non-hydrogen) atoms. The fourth-order valence-electron chi connectivity index (χ4n) is 2.12. The summed E-state index contributed by atoms with van der Waals surface area (Å²) >= 11 is 2.09. The van der Waals surface area contributed by atoms with Crippen molar-refractivity contribution in [3.63, 3.8) is 0 Å². The maximum absolute atomic E-state index is 13.9. The smallest absolute Gasteiger partial charge is 0.212 e. The van der Waals surface area contributed by atoms with E-state index >= 15 is 0 Å². The minimum atomic E-state index is -0.954. The lowest BCUT2D eigenvalue weighted by Gasteiger charge is -2.05.